The number of amides is 3. The number of halogens is 2. The average molecular weight is 292 g/mol. The summed E-state index contributed by atoms with van der Waals surface area (Å²) >= 11 is 11.5. The van der Waals surface area contributed by atoms with Crippen molar-refractivity contribution in [1.82, 2.24) is 5.32 Å². The van der Waals surface area contributed by atoms with Crippen molar-refractivity contribution >= 4 is 40.8 Å². The summed E-state index contributed by atoms with van der Waals surface area (Å²) in [6.45, 7) is -0.275. The third-order valence-electron chi connectivity index (χ3n) is 1.96. The zero-order valence-corrected chi connectivity index (χ0v) is 10.6. The monoisotopic (exact) mass is 291 g/mol. The summed E-state index contributed by atoms with van der Waals surface area (Å²) in [5, 5.41) is 14.4. The van der Waals surface area contributed by atoms with Crippen LogP contribution in [0.25, 0.3) is 0 Å². The standard InChI is InChI=1S/C10H11Cl2N3O3/c11-6-2-1-5(3-7(6)12)15-10(18)14-4-8(16)9(13)17/h1-3,8,16H,4H2,(H2,13,17)(H2,14,15,18). The van der Waals surface area contributed by atoms with Gasteiger partial charge in [-0.15, -0.1) is 0 Å². The molecule has 0 heterocycles. The maximum absolute atomic E-state index is 11.4. The Bertz CT molecular complexity index is 468. The number of nitrogens with two attached hydrogens (primary N) is 1. The molecule has 1 atom stereocenters. The smallest absolute Gasteiger partial charge is 0.319 e. The predicted molar refractivity (Wildman–Crippen MR) is 68.7 cm³/mol. The van der Waals surface area contributed by atoms with Crippen LogP contribution < -0.4 is 16.4 Å². The van der Waals surface area contributed by atoms with Crippen molar-refractivity contribution in [3.8, 4) is 0 Å². The number of carbonyl (C=O) groups is 2. The molecule has 0 spiro atoms. The van der Waals surface area contributed by atoms with E-state index in [-0.39, 0.29) is 6.54 Å². The van der Waals surface area contributed by atoms with E-state index in [2.05, 4.69) is 10.6 Å². The van der Waals surface area contributed by atoms with Crippen LogP contribution in [0, 0.1) is 0 Å². The topological polar surface area (TPSA) is 104 Å². The van der Waals surface area contributed by atoms with Crippen LogP contribution in [0.2, 0.25) is 10.0 Å². The fourth-order valence-corrected chi connectivity index (χ4v) is 1.34. The Hall–Kier alpha value is -1.50. The number of carbonyl (C=O) groups excluding carboxylic acids is 2. The SMILES string of the molecule is NC(=O)C(O)CNC(=O)Nc1ccc(Cl)c(Cl)c1. The van der Waals surface area contributed by atoms with Crippen LogP contribution in [0.1, 0.15) is 0 Å². The quantitative estimate of drug-likeness (QED) is 0.664. The van der Waals surface area contributed by atoms with E-state index < -0.39 is 18.0 Å². The zero-order valence-electron chi connectivity index (χ0n) is 9.11. The third kappa shape index (κ3) is 4.40. The van der Waals surface area contributed by atoms with Crippen molar-refractivity contribution in [2.75, 3.05) is 11.9 Å². The minimum absolute atomic E-state index is 0.275. The molecule has 1 unspecified atom stereocenters. The molecule has 0 radical (unpaired) electrons. The summed E-state index contributed by atoms with van der Waals surface area (Å²) in [6, 6.07) is 3.94. The molecule has 0 aromatic heterocycles. The van der Waals surface area contributed by atoms with Gasteiger partial charge in [0.25, 0.3) is 0 Å². The summed E-state index contributed by atoms with van der Waals surface area (Å²) in [7, 11) is 0. The molecule has 0 aliphatic carbocycles. The molecule has 3 amide bonds. The van der Waals surface area contributed by atoms with Gasteiger partial charge in [0.15, 0.2) is 0 Å². The molecular formula is C10H11Cl2N3O3. The first kappa shape index (κ1) is 14.6. The van der Waals surface area contributed by atoms with Crippen LogP contribution in [0.5, 0.6) is 0 Å². The number of aliphatic hydroxyl groups excluding tert-OH is 1. The van der Waals surface area contributed by atoms with E-state index in [1.165, 1.54) is 12.1 Å². The van der Waals surface area contributed by atoms with Gasteiger partial charge in [-0.25, -0.2) is 4.79 Å². The number of benzene rings is 1. The maximum Gasteiger partial charge on any atom is 0.319 e. The lowest BCUT2D eigenvalue weighted by molar-refractivity contribution is -0.125. The Morgan fingerprint density at radius 2 is 2.00 bits per heavy atom. The van der Waals surface area contributed by atoms with Crippen molar-refractivity contribution in [3.05, 3.63) is 28.2 Å². The summed E-state index contributed by atoms with van der Waals surface area (Å²) in [4.78, 5) is 21.9. The fourth-order valence-electron chi connectivity index (χ4n) is 1.04. The Morgan fingerprint density at radius 1 is 1.33 bits per heavy atom. The van der Waals surface area contributed by atoms with E-state index in [4.69, 9.17) is 34.0 Å². The molecule has 0 aliphatic heterocycles. The molecule has 8 heteroatoms. The molecule has 5 N–H and O–H groups in total. The first-order chi connectivity index (χ1) is 8.40. The predicted octanol–water partition coefficient (Wildman–Crippen LogP) is 0.961. The van der Waals surface area contributed by atoms with Crippen LogP contribution in [0.15, 0.2) is 18.2 Å². The molecule has 0 fully saturated rings. The van der Waals surface area contributed by atoms with Gasteiger partial charge in [-0.3, -0.25) is 4.79 Å². The molecule has 0 bridgehead atoms. The summed E-state index contributed by atoms with van der Waals surface area (Å²) in [6.07, 6.45) is -1.43. The Labute approximate surface area is 113 Å². The van der Waals surface area contributed by atoms with E-state index in [0.29, 0.717) is 15.7 Å². The van der Waals surface area contributed by atoms with Crippen molar-refractivity contribution in [3.63, 3.8) is 0 Å². The minimum Gasteiger partial charge on any atom is -0.381 e. The summed E-state index contributed by atoms with van der Waals surface area (Å²) < 4.78 is 0. The molecule has 18 heavy (non-hydrogen) atoms. The summed E-state index contributed by atoms with van der Waals surface area (Å²) in [5.41, 5.74) is 5.24. The second kappa shape index (κ2) is 6.44. The van der Waals surface area contributed by atoms with Gasteiger partial charge in [0.2, 0.25) is 5.91 Å². The molecular weight excluding hydrogens is 281 g/mol. The highest BCUT2D eigenvalue weighted by Gasteiger charge is 2.12. The lowest BCUT2D eigenvalue weighted by Gasteiger charge is -2.10. The van der Waals surface area contributed by atoms with Crippen molar-refractivity contribution in [1.29, 1.82) is 0 Å². The van der Waals surface area contributed by atoms with Gasteiger partial charge in [0.05, 0.1) is 16.6 Å². The number of rotatable bonds is 4. The fraction of sp³-hybridized carbons (Fsp3) is 0.200. The molecule has 98 valence electrons. The van der Waals surface area contributed by atoms with Crippen molar-refractivity contribution < 1.29 is 14.7 Å². The van der Waals surface area contributed by atoms with Gasteiger partial charge < -0.3 is 21.5 Å². The second-order valence-electron chi connectivity index (χ2n) is 3.38. The Balaban J connectivity index is 2.49. The van der Waals surface area contributed by atoms with E-state index in [9.17, 15) is 9.59 Å². The molecule has 0 saturated carbocycles. The highest BCUT2D eigenvalue weighted by molar-refractivity contribution is 6.42. The molecule has 1 aromatic rings. The number of nitrogens with one attached hydrogen (secondary N) is 2. The number of hydrogen-bond acceptors (Lipinski definition) is 3. The molecule has 1 rings (SSSR count). The van der Waals surface area contributed by atoms with E-state index in [1.54, 1.807) is 6.07 Å². The van der Waals surface area contributed by atoms with Crippen LogP contribution in [-0.2, 0) is 4.79 Å². The summed E-state index contributed by atoms with van der Waals surface area (Å²) in [5.74, 6) is -0.912. The maximum atomic E-state index is 11.4. The van der Waals surface area contributed by atoms with Gasteiger partial charge in [0, 0.05) is 5.69 Å². The number of primary amides is 1. The van der Waals surface area contributed by atoms with E-state index in [0.717, 1.165) is 0 Å². The molecule has 0 saturated heterocycles. The number of hydrogen-bond donors (Lipinski definition) is 4. The number of anilines is 1. The zero-order chi connectivity index (χ0) is 13.7. The molecule has 6 nitrogen and oxygen atoms in total. The van der Waals surface area contributed by atoms with Crippen molar-refractivity contribution in [2.45, 2.75) is 6.10 Å². The minimum atomic E-state index is -1.43. The highest BCUT2D eigenvalue weighted by atomic mass is 35.5. The van der Waals surface area contributed by atoms with Crippen LogP contribution in [0.4, 0.5) is 10.5 Å². The lowest BCUT2D eigenvalue weighted by atomic mass is 10.3. The van der Waals surface area contributed by atoms with E-state index in [1.807, 2.05) is 0 Å². The largest absolute Gasteiger partial charge is 0.381 e. The van der Waals surface area contributed by atoms with Gasteiger partial charge >= 0.3 is 6.03 Å². The molecule has 1 aromatic carbocycles. The van der Waals surface area contributed by atoms with Crippen LogP contribution >= 0.6 is 23.2 Å². The van der Waals surface area contributed by atoms with E-state index >= 15 is 0 Å². The van der Waals surface area contributed by atoms with Gasteiger partial charge in [-0.05, 0) is 18.2 Å². The van der Waals surface area contributed by atoms with Gasteiger partial charge in [-0.2, -0.15) is 0 Å². The normalized spacial score (nSPS) is 11.7. The van der Waals surface area contributed by atoms with Crippen LogP contribution in [-0.4, -0.2) is 29.7 Å². The Kier molecular flexibility index (Phi) is 5.21. The lowest BCUT2D eigenvalue weighted by Crippen LogP contribution is -2.41. The number of urea groups is 1. The van der Waals surface area contributed by atoms with Crippen LogP contribution in [0.3, 0.4) is 0 Å². The molecule has 0 aliphatic rings. The first-order valence-corrected chi connectivity index (χ1v) is 5.63. The third-order valence-corrected chi connectivity index (χ3v) is 2.70. The second-order valence-corrected chi connectivity index (χ2v) is 4.20. The van der Waals surface area contributed by atoms with Gasteiger partial charge in [-0.1, -0.05) is 23.2 Å². The van der Waals surface area contributed by atoms with Crippen molar-refractivity contribution in [2.24, 2.45) is 5.73 Å². The van der Waals surface area contributed by atoms with Gasteiger partial charge in [0.1, 0.15) is 6.10 Å². The average Bonchev–Trinajstić information content (AvgIpc) is 2.30. The Morgan fingerprint density at radius 3 is 2.56 bits per heavy atom. The highest BCUT2D eigenvalue weighted by Crippen LogP contribution is 2.24. The number of aliphatic hydroxyl groups is 1. The first-order valence-electron chi connectivity index (χ1n) is 4.87.